The Kier molecular flexibility index (Phi) is 6.82. The second kappa shape index (κ2) is 9.07. The lowest BCUT2D eigenvalue weighted by molar-refractivity contribution is 0.0949. The van der Waals surface area contributed by atoms with Crippen LogP contribution in [-0.2, 0) is 0 Å². The molecule has 144 valence electrons. The molecule has 0 aliphatic rings. The molecular formula is C21H28N4O2. The van der Waals surface area contributed by atoms with Gasteiger partial charge in [-0.1, -0.05) is 26.0 Å². The minimum absolute atomic E-state index is 0.157. The Morgan fingerprint density at radius 3 is 2.26 bits per heavy atom. The van der Waals surface area contributed by atoms with Crippen LogP contribution in [0.25, 0.3) is 0 Å². The molecule has 0 heterocycles. The first-order valence-electron chi connectivity index (χ1n) is 9.00. The molecule has 0 unspecified atom stereocenters. The second-order valence-electron chi connectivity index (χ2n) is 7.18. The van der Waals surface area contributed by atoms with Crippen LogP contribution < -0.4 is 20.9 Å². The zero-order valence-electron chi connectivity index (χ0n) is 16.6. The maximum Gasteiger partial charge on any atom is 0.323 e. The second-order valence-corrected chi connectivity index (χ2v) is 7.18. The first-order chi connectivity index (χ1) is 12.8. The van der Waals surface area contributed by atoms with Gasteiger partial charge in [0.1, 0.15) is 0 Å². The van der Waals surface area contributed by atoms with Crippen molar-refractivity contribution in [3.05, 3.63) is 53.6 Å². The fourth-order valence-electron chi connectivity index (χ4n) is 2.59. The minimum atomic E-state index is -0.355. The van der Waals surface area contributed by atoms with Crippen LogP contribution in [0.4, 0.5) is 21.9 Å². The Morgan fingerprint density at radius 1 is 1.00 bits per heavy atom. The number of benzene rings is 2. The van der Waals surface area contributed by atoms with E-state index in [-0.39, 0.29) is 11.9 Å². The van der Waals surface area contributed by atoms with E-state index >= 15 is 0 Å². The van der Waals surface area contributed by atoms with Crippen molar-refractivity contribution in [3.8, 4) is 0 Å². The SMILES string of the molecule is Cc1cccc(NC(=O)Nc2ccc(N(C)C)c(C(=O)NCC(C)C)c2)c1. The van der Waals surface area contributed by atoms with Gasteiger partial charge in [-0.15, -0.1) is 0 Å². The quantitative estimate of drug-likeness (QED) is 0.719. The lowest BCUT2D eigenvalue weighted by atomic mass is 10.1. The van der Waals surface area contributed by atoms with Crippen molar-refractivity contribution >= 4 is 29.0 Å². The summed E-state index contributed by atoms with van der Waals surface area (Å²) in [6, 6.07) is 12.5. The van der Waals surface area contributed by atoms with E-state index in [0.717, 1.165) is 11.3 Å². The maximum absolute atomic E-state index is 12.6. The molecule has 2 rings (SSSR count). The highest BCUT2D eigenvalue weighted by Gasteiger charge is 2.15. The van der Waals surface area contributed by atoms with Gasteiger partial charge in [-0.05, 0) is 48.7 Å². The fourth-order valence-corrected chi connectivity index (χ4v) is 2.59. The molecule has 2 aromatic rings. The Balaban J connectivity index is 2.15. The number of nitrogens with zero attached hydrogens (tertiary/aromatic N) is 1. The van der Waals surface area contributed by atoms with Gasteiger partial charge in [0.05, 0.1) is 5.56 Å². The highest BCUT2D eigenvalue weighted by atomic mass is 16.2. The largest absolute Gasteiger partial charge is 0.377 e. The molecule has 3 N–H and O–H groups in total. The van der Waals surface area contributed by atoms with E-state index in [1.165, 1.54) is 0 Å². The summed E-state index contributed by atoms with van der Waals surface area (Å²) in [5.41, 5.74) is 3.65. The standard InChI is InChI=1S/C21H28N4O2/c1-14(2)13-22-20(26)18-12-17(9-10-19(18)25(4)5)24-21(27)23-16-8-6-7-15(3)11-16/h6-12,14H,13H2,1-5H3,(H,22,26)(H2,23,24,27). The van der Waals surface area contributed by atoms with Crippen LogP contribution in [-0.4, -0.2) is 32.6 Å². The van der Waals surface area contributed by atoms with Crippen molar-refractivity contribution in [2.24, 2.45) is 5.92 Å². The summed E-state index contributed by atoms with van der Waals surface area (Å²) < 4.78 is 0. The molecule has 0 atom stereocenters. The Morgan fingerprint density at radius 2 is 1.67 bits per heavy atom. The Hall–Kier alpha value is -3.02. The number of urea groups is 1. The summed E-state index contributed by atoms with van der Waals surface area (Å²) in [7, 11) is 3.76. The van der Waals surface area contributed by atoms with Crippen LogP contribution in [0.2, 0.25) is 0 Å². The summed E-state index contributed by atoms with van der Waals surface area (Å²) in [5.74, 6) is 0.202. The zero-order chi connectivity index (χ0) is 20.0. The number of nitrogens with one attached hydrogen (secondary N) is 3. The van der Waals surface area contributed by atoms with E-state index in [1.54, 1.807) is 12.1 Å². The highest BCUT2D eigenvalue weighted by molar-refractivity contribution is 6.04. The first kappa shape index (κ1) is 20.3. The van der Waals surface area contributed by atoms with Gasteiger partial charge in [0.2, 0.25) is 0 Å². The molecular weight excluding hydrogens is 340 g/mol. The number of aryl methyl sites for hydroxylation is 1. The number of rotatable bonds is 6. The van der Waals surface area contributed by atoms with Gasteiger partial charge in [-0.3, -0.25) is 4.79 Å². The smallest absolute Gasteiger partial charge is 0.323 e. The molecule has 0 spiro atoms. The van der Waals surface area contributed by atoms with E-state index in [1.807, 2.05) is 70.1 Å². The summed E-state index contributed by atoms with van der Waals surface area (Å²) in [4.78, 5) is 26.7. The molecule has 0 radical (unpaired) electrons. The zero-order valence-corrected chi connectivity index (χ0v) is 16.6. The molecule has 0 aliphatic carbocycles. The van der Waals surface area contributed by atoms with Gasteiger partial charge in [0, 0.05) is 37.7 Å². The van der Waals surface area contributed by atoms with Crippen LogP contribution >= 0.6 is 0 Å². The molecule has 6 nitrogen and oxygen atoms in total. The van der Waals surface area contributed by atoms with Crippen LogP contribution in [0.1, 0.15) is 29.8 Å². The van der Waals surface area contributed by atoms with Gasteiger partial charge in [0.25, 0.3) is 5.91 Å². The van der Waals surface area contributed by atoms with E-state index in [9.17, 15) is 9.59 Å². The summed E-state index contributed by atoms with van der Waals surface area (Å²) >= 11 is 0. The van der Waals surface area contributed by atoms with Gasteiger partial charge >= 0.3 is 6.03 Å². The lowest BCUT2D eigenvalue weighted by Gasteiger charge is -2.19. The molecule has 0 fully saturated rings. The van der Waals surface area contributed by atoms with Gasteiger partial charge in [0.15, 0.2) is 0 Å². The summed E-state index contributed by atoms with van der Waals surface area (Å²) in [6.07, 6.45) is 0. The number of hydrogen-bond acceptors (Lipinski definition) is 3. The maximum atomic E-state index is 12.6. The van der Waals surface area contributed by atoms with Crippen LogP contribution in [0.5, 0.6) is 0 Å². The topological polar surface area (TPSA) is 73.5 Å². The molecule has 27 heavy (non-hydrogen) atoms. The van der Waals surface area contributed by atoms with E-state index in [2.05, 4.69) is 16.0 Å². The third kappa shape index (κ3) is 6.02. The Labute approximate surface area is 161 Å². The monoisotopic (exact) mass is 368 g/mol. The van der Waals surface area contributed by atoms with Crippen molar-refractivity contribution in [1.29, 1.82) is 0 Å². The third-order valence-electron chi connectivity index (χ3n) is 3.93. The third-order valence-corrected chi connectivity index (χ3v) is 3.93. The molecule has 3 amide bonds. The average molecular weight is 368 g/mol. The molecule has 0 aliphatic heterocycles. The van der Waals surface area contributed by atoms with E-state index in [4.69, 9.17) is 0 Å². The minimum Gasteiger partial charge on any atom is -0.377 e. The van der Waals surface area contributed by atoms with Crippen molar-refractivity contribution in [2.45, 2.75) is 20.8 Å². The van der Waals surface area contributed by atoms with Gasteiger partial charge < -0.3 is 20.9 Å². The average Bonchev–Trinajstić information content (AvgIpc) is 2.59. The predicted molar refractivity (Wildman–Crippen MR) is 112 cm³/mol. The number of hydrogen-bond donors (Lipinski definition) is 3. The first-order valence-corrected chi connectivity index (χ1v) is 9.00. The molecule has 0 saturated heterocycles. The van der Waals surface area contributed by atoms with Crippen molar-refractivity contribution < 1.29 is 9.59 Å². The van der Waals surface area contributed by atoms with Crippen LogP contribution in [0.3, 0.4) is 0 Å². The molecule has 2 aromatic carbocycles. The van der Waals surface area contributed by atoms with Crippen LogP contribution in [0.15, 0.2) is 42.5 Å². The molecule has 0 bridgehead atoms. The van der Waals surface area contributed by atoms with Gasteiger partial charge in [-0.25, -0.2) is 4.79 Å². The number of carbonyl (C=O) groups is 2. The fraction of sp³-hybridized carbons (Fsp3) is 0.333. The normalized spacial score (nSPS) is 10.4. The Bertz CT molecular complexity index is 816. The lowest BCUT2D eigenvalue weighted by Crippen LogP contribution is -2.29. The number of amides is 3. The van der Waals surface area contributed by atoms with Crippen molar-refractivity contribution in [3.63, 3.8) is 0 Å². The molecule has 0 aromatic heterocycles. The highest BCUT2D eigenvalue weighted by Crippen LogP contribution is 2.23. The predicted octanol–water partition coefficient (Wildman–Crippen LogP) is 4.09. The van der Waals surface area contributed by atoms with E-state index in [0.29, 0.717) is 29.4 Å². The van der Waals surface area contributed by atoms with Crippen molar-refractivity contribution in [1.82, 2.24) is 5.32 Å². The summed E-state index contributed by atoms with van der Waals surface area (Å²) in [5, 5.41) is 8.51. The number of carbonyl (C=O) groups excluding carboxylic acids is 2. The van der Waals surface area contributed by atoms with Crippen molar-refractivity contribution in [2.75, 3.05) is 36.2 Å². The van der Waals surface area contributed by atoms with E-state index < -0.39 is 0 Å². The number of anilines is 3. The molecule has 0 saturated carbocycles. The molecule has 6 heteroatoms. The van der Waals surface area contributed by atoms with Gasteiger partial charge in [-0.2, -0.15) is 0 Å². The summed E-state index contributed by atoms with van der Waals surface area (Å²) in [6.45, 7) is 6.64. The van der Waals surface area contributed by atoms with Crippen LogP contribution in [0, 0.1) is 12.8 Å².